The van der Waals surface area contributed by atoms with Gasteiger partial charge in [0.05, 0.1) is 6.61 Å². The van der Waals surface area contributed by atoms with Crippen molar-refractivity contribution in [1.29, 1.82) is 0 Å². The van der Waals surface area contributed by atoms with Crippen molar-refractivity contribution < 1.29 is 13.9 Å². The van der Waals surface area contributed by atoms with Crippen LogP contribution in [0.2, 0.25) is 0 Å². The number of ether oxygens (including phenoxy) is 1. The van der Waals surface area contributed by atoms with Crippen molar-refractivity contribution in [2.45, 2.75) is 68.5 Å². The van der Waals surface area contributed by atoms with Gasteiger partial charge in [-0.1, -0.05) is 0 Å². The topological polar surface area (TPSA) is 53.6 Å². The molecule has 2 aliphatic heterocycles. The summed E-state index contributed by atoms with van der Waals surface area (Å²) >= 11 is 1.96. The van der Waals surface area contributed by atoms with Crippen molar-refractivity contribution in [3.63, 3.8) is 0 Å². The van der Waals surface area contributed by atoms with Crippen molar-refractivity contribution in [2.75, 3.05) is 39.3 Å². The Hall–Kier alpha value is -1.18. The minimum atomic E-state index is -1.21. The summed E-state index contributed by atoms with van der Waals surface area (Å²) in [5.41, 5.74) is -1.21. The highest BCUT2D eigenvalue weighted by atomic mass is 32.1. The number of piperidine rings is 2. The van der Waals surface area contributed by atoms with Crippen LogP contribution < -0.4 is 10.6 Å². The van der Waals surface area contributed by atoms with Crippen LogP contribution in [0.4, 0.5) is 9.18 Å². The van der Waals surface area contributed by atoms with E-state index in [2.05, 4.69) is 22.8 Å². The highest BCUT2D eigenvalue weighted by Gasteiger charge is 2.43. The minimum Gasteiger partial charge on any atom is -0.449 e. The van der Waals surface area contributed by atoms with E-state index in [4.69, 9.17) is 4.74 Å². The number of alkyl halides is 1. The summed E-state index contributed by atoms with van der Waals surface area (Å²) < 4.78 is 20.8. The second kappa shape index (κ2) is 8.75. The van der Waals surface area contributed by atoms with Crippen LogP contribution in [0.25, 0.3) is 0 Å². The average molecular weight is 436 g/mol. The molecule has 1 amide bonds. The van der Waals surface area contributed by atoms with Gasteiger partial charge < -0.3 is 20.3 Å². The molecule has 3 heterocycles. The molecule has 0 radical (unpaired) electrons. The molecule has 0 bridgehead atoms. The monoisotopic (exact) mass is 435 g/mol. The van der Waals surface area contributed by atoms with Gasteiger partial charge in [0.1, 0.15) is 5.67 Å². The molecule has 4 aliphatic rings. The Kier molecular flexibility index (Phi) is 6.04. The molecule has 4 fully saturated rings. The molecule has 166 valence electrons. The van der Waals surface area contributed by atoms with Crippen LogP contribution in [-0.2, 0) is 4.74 Å². The summed E-state index contributed by atoms with van der Waals surface area (Å²) in [6.07, 6.45) is 6.45. The fourth-order valence-corrected chi connectivity index (χ4v) is 6.16. The molecular formula is C23H34FN3O2S. The van der Waals surface area contributed by atoms with Gasteiger partial charge in [-0.15, -0.1) is 11.3 Å². The fourth-order valence-electron chi connectivity index (χ4n) is 4.80. The number of carbonyl (C=O) groups is 1. The van der Waals surface area contributed by atoms with E-state index in [0.717, 1.165) is 38.3 Å². The molecule has 5 rings (SSSR count). The lowest BCUT2D eigenvalue weighted by Gasteiger charge is -2.36. The molecule has 2 atom stereocenters. The maximum Gasteiger partial charge on any atom is 0.409 e. The van der Waals surface area contributed by atoms with E-state index in [9.17, 15) is 4.79 Å². The second-order valence-corrected chi connectivity index (χ2v) is 10.9. The van der Waals surface area contributed by atoms with Crippen molar-refractivity contribution in [2.24, 2.45) is 5.92 Å². The Balaban J connectivity index is 1.01. The Bertz CT molecular complexity index is 739. The number of amides is 1. The third-order valence-electron chi connectivity index (χ3n) is 7.28. The average Bonchev–Trinajstić information content (AvgIpc) is 3.71. The first-order valence-electron chi connectivity index (χ1n) is 11.7. The molecule has 2 aliphatic carbocycles. The van der Waals surface area contributed by atoms with Crippen LogP contribution in [-0.4, -0.2) is 62.0 Å². The number of likely N-dealkylation sites (tertiary alicyclic amines) is 1. The summed E-state index contributed by atoms with van der Waals surface area (Å²) in [5.74, 6) is 1.84. The zero-order chi connectivity index (χ0) is 20.6. The fraction of sp³-hybridized carbons (Fsp3) is 0.783. The van der Waals surface area contributed by atoms with Gasteiger partial charge in [0, 0.05) is 54.2 Å². The van der Waals surface area contributed by atoms with E-state index in [-0.39, 0.29) is 6.09 Å². The number of nitrogens with zero attached hydrogens (tertiary/aromatic N) is 1. The van der Waals surface area contributed by atoms with Gasteiger partial charge in [-0.25, -0.2) is 9.18 Å². The highest BCUT2D eigenvalue weighted by Crippen LogP contribution is 2.49. The van der Waals surface area contributed by atoms with E-state index in [1.54, 1.807) is 4.90 Å². The smallest absolute Gasteiger partial charge is 0.409 e. The molecule has 30 heavy (non-hydrogen) atoms. The number of hydrogen-bond acceptors (Lipinski definition) is 5. The Labute approximate surface area is 182 Å². The first-order chi connectivity index (χ1) is 14.6. The number of rotatable bonds is 7. The number of nitrogens with one attached hydrogen (secondary N) is 2. The molecule has 7 heteroatoms. The van der Waals surface area contributed by atoms with E-state index in [1.807, 2.05) is 11.3 Å². The summed E-state index contributed by atoms with van der Waals surface area (Å²) in [7, 11) is 0. The minimum absolute atomic E-state index is 0.269. The Morgan fingerprint density at radius 1 is 1.20 bits per heavy atom. The van der Waals surface area contributed by atoms with Crippen LogP contribution in [0.3, 0.4) is 0 Å². The van der Waals surface area contributed by atoms with Gasteiger partial charge in [-0.05, 0) is 69.2 Å². The first-order valence-corrected chi connectivity index (χ1v) is 12.6. The van der Waals surface area contributed by atoms with Gasteiger partial charge in [0.25, 0.3) is 0 Å². The number of thiophene rings is 1. The molecule has 0 spiro atoms. The molecule has 5 nitrogen and oxygen atoms in total. The molecular weight excluding hydrogens is 401 g/mol. The summed E-state index contributed by atoms with van der Waals surface area (Å²) in [4.78, 5) is 17.0. The van der Waals surface area contributed by atoms with Crippen LogP contribution >= 0.6 is 11.3 Å². The van der Waals surface area contributed by atoms with Gasteiger partial charge >= 0.3 is 6.09 Å². The molecule has 1 aromatic rings. The highest BCUT2D eigenvalue weighted by molar-refractivity contribution is 7.12. The molecule has 2 saturated heterocycles. The van der Waals surface area contributed by atoms with Gasteiger partial charge in [0.15, 0.2) is 0 Å². The predicted octanol–water partition coefficient (Wildman–Crippen LogP) is 4.01. The van der Waals surface area contributed by atoms with Crippen molar-refractivity contribution in [3.05, 3.63) is 21.9 Å². The number of hydrogen-bond donors (Lipinski definition) is 2. The zero-order valence-electron chi connectivity index (χ0n) is 17.7. The van der Waals surface area contributed by atoms with E-state index >= 15 is 4.39 Å². The molecule has 0 aromatic carbocycles. The van der Waals surface area contributed by atoms with E-state index < -0.39 is 5.67 Å². The lowest BCUT2D eigenvalue weighted by Crippen LogP contribution is -2.49. The van der Waals surface area contributed by atoms with Crippen molar-refractivity contribution in [1.82, 2.24) is 15.5 Å². The molecule has 2 N–H and O–H groups in total. The van der Waals surface area contributed by atoms with Crippen molar-refractivity contribution >= 4 is 17.4 Å². The quantitative estimate of drug-likeness (QED) is 0.680. The SMILES string of the molecule is O=C(OCC1CCNCC1)N1CCC(F)(CNC2CC2c2ccc(C3CC3)s2)CC1. The second-order valence-electron chi connectivity index (χ2n) is 9.75. The van der Waals surface area contributed by atoms with Gasteiger partial charge in [-0.2, -0.15) is 0 Å². The maximum atomic E-state index is 15.3. The molecule has 1 aromatic heterocycles. The molecule has 2 saturated carbocycles. The van der Waals surface area contributed by atoms with Crippen LogP contribution in [0, 0.1) is 5.92 Å². The van der Waals surface area contributed by atoms with Gasteiger partial charge in [0.2, 0.25) is 0 Å². The number of halogens is 1. The summed E-state index contributed by atoms with van der Waals surface area (Å²) in [6, 6.07) is 4.99. The van der Waals surface area contributed by atoms with E-state index in [1.165, 1.54) is 22.6 Å². The standard InChI is InChI=1S/C23H34FN3O2S/c24-23(15-26-19-13-18(19)21-4-3-20(30-21)17-1-2-17)7-11-27(12-8-23)22(28)29-14-16-5-9-25-10-6-16/h3-4,16-19,25-26H,1-2,5-15H2. The summed E-state index contributed by atoms with van der Waals surface area (Å²) in [6.45, 7) is 3.79. The zero-order valence-corrected chi connectivity index (χ0v) is 18.5. The Morgan fingerprint density at radius 3 is 2.67 bits per heavy atom. The maximum absolute atomic E-state index is 15.3. The van der Waals surface area contributed by atoms with Crippen LogP contribution in [0.1, 0.15) is 66.5 Å². The van der Waals surface area contributed by atoms with Crippen LogP contribution in [0.5, 0.6) is 0 Å². The lowest BCUT2D eigenvalue weighted by molar-refractivity contribution is 0.0362. The van der Waals surface area contributed by atoms with Crippen LogP contribution in [0.15, 0.2) is 12.1 Å². The third-order valence-corrected chi connectivity index (χ3v) is 8.66. The normalized spacial score (nSPS) is 29.0. The molecule has 2 unspecified atom stereocenters. The summed E-state index contributed by atoms with van der Waals surface area (Å²) in [5, 5.41) is 6.79. The lowest BCUT2D eigenvalue weighted by atomic mass is 9.93. The van der Waals surface area contributed by atoms with E-state index in [0.29, 0.717) is 57.0 Å². The predicted molar refractivity (Wildman–Crippen MR) is 117 cm³/mol. The third kappa shape index (κ3) is 5.00. The number of carbonyl (C=O) groups excluding carboxylic acids is 1. The Morgan fingerprint density at radius 2 is 1.93 bits per heavy atom. The van der Waals surface area contributed by atoms with Gasteiger partial charge in [-0.3, -0.25) is 0 Å². The first kappa shape index (κ1) is 20.7. The largest absolute Gasteiger partial charge is 0.449 e. The van der Waals surface area contributed by atoms with Crippen molar-refractivity contribution in [3.8, 4) is 0 Å².